The van der Waals surface area contributed by atoms with Crippen molar-refractivity contribution in [3.05, 3.63) is 35.9 Å². The van der Waals surface area contributed by atoms with Crippen molar-refractivity contribution in [1.29, 1.82) is 0 Å². The largest absolute Gasteiger partial charge is 0.358 e. The topological polar surface area (TPSA) is 49.4 Å². The number of hydrogen-bond donors (Lipinski definition) is 1. The lowest BCUT2D eigenvalue weighted by molar-refractivity contribution is -0.127. The molecule has 1 aliphatic rings. The number of nitrogens with zero attached hydrogens (tertiary/aromatic N) is 1. The third kappa shape index (κ3) is 3.07. The van der Waals surface area contributed by atoms with Crippen molar-refractivity contribution in [3.8, 4) is 0 Å². The Balaban J connectivity index is 2.15. The summed E-state index contributed by atoms with van der Waals surface area (Å²) in [5.74, 6) is 0.0961. The van der Waals surface area contributed by atoms with Gasteiger partial charge < -0.3 is 5.32 Å². The van der Waals surface area contributed by atoms with Crippen LogP contribution in [0, 0.1) is 0 Å². The zero-order valence-corrected chi connectivity index (χ0v) is 12.1. The fourth-order valence-corrected chi connectivity index (χ4v) is 2.86. The van der Waals surface area contributed by atoms with E-state index in [1.807, 2.05) is 42.2 Å². The second kappa shape index (κ2) is 6.66. The molecule has 4 nitrogen and oxygen atoms in total. The lowest BCUT2D eigenvalue weighted by Crippen LogP contribution is -2.54. The van der Waals surface area contributed by atoms with Crippen molar-refractivity contribution in [3.63, 3.8) is 0 Å². The molecule has 1 heterocycles. The molecule has 2 atom stereocenters. The zero-order chi connectivity index (χ0) is 14.5. The Morgan fingerprint density at radius 2 is 1.95 bits per heavy atom. The highest BCUT2D eigenvalue weighted by Gasteiger charge is 2.34. The standard InChI is InChI=1S/C16H22N2O2/c1-12(15(19)13-8-4-3-5-9-13)18-11-7-6-10-14(18)16(20)17-2/h3-5,8-9,12,14H,6-7,10-11H2,1-2H3,(H,17,20). The van der Waals surface area contributed by atoms with Crippen LogP contribution in [0.25, 0.3) is 0 Å². The smallest absolute Gasteiger partial charge is 0.237 e. The lowest BCUT2D eigenvalue weighted by Gasteiger charge is -2.38. The molecule has 4 heteroatoms. The van der Waals surface area contributed by atoms with Gasteiger partial charge in [0.2, 0.25) is 5.91 Å². The predicted octanol–water partition coefficient (Wildman–Crippen LogP) is 1.86. The van der Waals surface area contributed by atoms with Gasteiger partial charge in [-0.25, -0.2) is 0 Å². The Kier molecular flexibility index (Phi) is 4.90. The maximum Gasteiger partial charge on any atom is 0.237 e. The number of carbonyl (C=O) groups excluding carboxylic acids is 2. The normalized spacial score (nSPS) is 21.2. The number of benzene rings is 1. The lowest BCUT2D eigenvalue weighted by atomic mass is 9.96. The minimum Gasteiger partial charge on any atom is -0.358 e. The maximum atomic E-state index is 12.5. The zero-order valence-electron chi connectivity index (χ0n) is 12.1. The fourth-order valence-electron chi connectivity index (χ4n) is 2.86. The van der Waals surface area contributed by atoms with Crippen molar-refractivity contribution in [2.24, 2.45) is 0 Å². The summed E-state index contributed by atoms with van der Waals surface area (Å²) in [7, 11) is 1.65. The molecule has 1 N–H and O–H groups in total. The molecule has 1 saturated heterocycles. The van der Waals surface area contributed by atoms with Gasteiger partial charge in [-0.3, -0.25) is 14.5 Å². The van der Waals surface area contributed by atoms with Crippen molar-refractivity contribution in [2.75, 3.05) is 13.6 Å². The van der Waals surface area contributed by atoms with Crippen LogP contribution < -0.4 is 5.32 Å². The molecule has 1 aliphatic heterocycles. The van der Waals surface area contributed by atoms with Gasteiger partial charge in [0.25, 0.3) is 0 Å². The summed E-state index contributed by atoms with van der Waals surface area (Å²) in [5.41, 5.74) is 0.709. The molecule has 1 aromatic carbocycles. The van der Waals surface area contributed by atoms with E-state index in [1.54, 1.807) is 7.05 Å². The van der Waals surface area contributed by atoms with Crippen LogP contribution in [0.2, 0.25) is 0 Å². The molecule has 0 bridgehead atoms. The van der Waals surface area contributed by atoms with Gasteiger partial charge in [0.05, 0.1) is 12.1 Å². The van der Waals surface area contributed by atoms with Crippen molar-refractivity contribution < 1.29 is 9.59 Å². The van der Waals surface area contributed by atoms with Crippen molar-refractivity contribution >= 4 is 11.7 Å². The number of Topliss-reactive ketones (excluding diaryl/α,β-unsaturated/α-hetero) is 1. The van der Waals surface area contributed by atoms with Crippen LogP contribution in [-0.2, 0) is 4.79 Å². The number of hydrogen-bond acceptors (Lipinski definition) is 3. The van der Waals surface area contributed by atoms with E-state index >= 15 is 0 Å². The Morgan fingerprint density at radius 1 is 1.25 bits per heavy atom. The number of carbonyl (C=O) groups is 2. The number of likely N-dealkylation sites (N-methyl/N-ethyl adjacent to an activating group) is 1. The third-order valence-electron chi connectivity index (χ3n) is 4.03. The quantitative estimate of drug-likeness (QED) is 0.853. The van der Waals surface area contributed by atoms with Gasteiger partial charge in [-0.15, -0.1) is 0 Å². The van der Waals surface area contributed by atoms with Crippen LogP contribution in [0.5, 0.6) is 0 Å². The molecule has 1 amide bonds. The van der Waals surface area contributed by atoms with Crippen LogP contribution in [0.3, 0.4) is 0 Å². The molecule has 0 aromatic heterocycles. The van der Waals surface area contributed by atoms with E-state index < -0.39 is 0 Å². The molecule has 1 fully saturated rings. The van der Waals surface area contributed by atoms with Crippen LogP contribution in [0.4, 0.5) is 0 Å². The SMILES string of the molecule is CNC(=O)C1CCCCN1C(C)C(=O)c1ccccc1. The summed E-state index contributed by atoms with van der Waals surface area (Å²) in [6, 6.07) is 8.85. The average molecular weight is 274 g/mol. The molecule has 1 aromatic rings. The molecule has 2 unspecified atom stereocenters. The molecular formula is C16H22N2O2. The molecule has 0 saturated carbocycles. The van der Waals surface area contributed by atoms with E-state index in [0.717, 1.165) is 25.8 Å². The maximum absolute atomic E-state index is 12.5. The fraction of sp³-hybridized carbons (Fsp3) is 0.500. The van der Waals surface area contributed by atoms with E-state index in [1.165, 1.54) is 0 Å². The van der Waals surface area contributed by atoms with Gasteiger partial charge in [-0.1, -0.05) is 36.8 Å². The Hall–Kier alpha value is -1.68. The first kappa shape index (κ1) is 14.7. The second-order valence-corrected chi connectivity index (χ2v) is 5.27. The highest BCUT2D eigenvalue weighted by atomic mass is 16.2. The van der Waals surface area contributed by atoms with Crippen LogP contribution in [0.15, 0.2) is 30.3 Å². The van der Waals surface area contributed by atoms with E-state index in [0.29, 0.717) is 5.56 Å². The number of likely N-dealkylation sites (tertiary alicyclic amines) is 1. The van der Waals surface area contributed by atoms with Crippen LogP contribution in [0.1, 0.15) is 36.5 Å². The van der Waals surface area contributed by atoms with Crippen molar-refractivity contribution in [1.82, 2.24) is 10.2 Å². The van der Waals surface area contributed by atoms with Crippen LogP contribution >= 0.6 is 0 Å². The molecule has 0 spiro atoms. The minimum atomic E-state index is -0.264. The van der Waals surface area contributed by atoms with E-state index in [4.69, 9.17) is 0 Å². The first-order valence-electron chi connectivity index (χ1n) is 7.21. The minimum absolute atomic E-state index is 0.0115. The number of piperidine rings is 1. The van der Waals surface area contributed by atoms with Gasteiger partial charge in [0, 0.05) is 12.6 Å². The highest BCUT2D eigenvalue weighted by molar-refractivity contribution is 6.00. The highest BCUT2D eigenvalue weighted by Crippen LogP contribution is 2.21. The number of nitrogens with one attached hydrogen (secondary N) is 1. The Labute approximate surface area is 120 Å². The number of rotatable bonds is 4. The summed E-state index contributed by atoms with van der Waals surface area (Å²) in [6.45, 7) is 2.70. The Bertz CT molecular complexity index is 473. The summed E-state index contributed by atoms with van der Waals surface area (Å²) in [6.07, 6.45) is 2.91. The van der Waals surface area contributed by atoms with Crippen molar-refractivity contribution in [2.45, 2.75) is 38.3 Å². The molecule has 20 heavy (non-hydrogen) atoms. The summed E-state index contributed by atoms with van der Waals surface area (Å²) < 4.78 is 0. The van der Waals surface area contributed by atoms with Crippen LogP contribution in [-0.4, -0.2) is 42.3 Å². The first-order chi connectivity index (χ1) is 9.65. The molecule has 108 valence electrons. The number of ketones is 1. The summed E-state index contributed by atoms with van der Waals surface area (Å²) in [5, 5.41) is 2.71. The van der Waals surface area contributed by atoms with Gasteiger partial charge in [-0.2, -0.15) is 0 Å². The third-order valence-corrected chi connectivity index (χ3v) is 4.03. The monoisotopic (exact) mass is 274 g/mol. The molecule has 0 radical (unpaired) electrons. The van der Waals surface area contributed by atoms with Gasteiger partial charge >= 0.3 is 0 Å². The van der Waals surface area contributed by atoms with Gasteiger partial charge in [0.1, 0.15) is 0 Å². The summed E-state index contributed by atoms with van der Waals surface area (Å²) >= 11 is 0. The van der Waals surface area contributed by atoms with Gasteiger partial charge in [0.15, 0.2) is 5.78 Å². The molecule has 0 aliphatic carbocycles. The van der Waals surface area contributed by atoms with Gasteiger partial charge in [-0.05, 0) is 26.3 Å². The van der Waals surface area contributed by atoms with E-state index in [9.17, 15) is 9.59 Å². The first-order valence-corrected chi connectivity index (χ1v) is 7.21. The molecular weight excluding hydrogens is 252 g/mol. The number of amides is 1. The average Bonchev–Trinajstić information content (AvgIpc) is 2.53. The van der Waals surface area contributed by atoms with E-state index in [-0.39, 0.29) is 23.8 Å². The Morgan fingerprint density at radius 3 is 2.60 bits per heavy atom. The second-order valence-electron chi connectivity index (χ2n) is 5.27. The predicted molar refractivity (Wildman–Crippen MR) is 78.6 cm³/mol. The summed E-state index contributed by atoms with van der Waals surface area (Å²) in [4.78, 5) is 26.5. The molecule has 2 rings (SSSR count). The van der Waals surface area contributed by atoms with E-state index in [2.05, 4.69) is 5.32 Å².